The highest BCUT2D eigenvalue weighted by Crippen LogP contribution is 2.24. The lowest BCUT2D eigenvalue weighted by atomic mass is 10.1. The van der Waals surface area contributed by atoms with E-state index in [1.807, 2.05) is 30.3 Å². The van der Waals surface area contributed by atoms with Crippen LogP contribution in [0.25, 0.3) is 21.8 Å². The molecule has 0 bridgehead atoms. The minimum atomic E-state index is -0.167. The molecule has 0 atom stereocenters. The monoisotopic (exact) mass is 303 g/mol. The third kappa shape index (κ3) is 2.28. The first-order chi connectivity index (χ1) is 11.2. The third-order valence-electron chi connectivity index (χ3n) is 3.83. The number of H-pyrrole nitrogens is 2. The van der Waals surface area contributed by atoms with Crippen molar-refractivity contribution in [2.24, 2.45) is 0 Å². The van der Waals surface area contributed by atoms with Gasteiger partial charge in [-0.1, -0.05) is 18.2 Å². The number of anilines is 1. The van der Waals surface area contributed by atoms with E-state index in [9.17, 15) is 9.59 Å². The number of fused-ring (bicyclic) bond motifs is 3. The van der Waals surface area contributed by atoms with E-state index in [0.717, 1.165) is 16.3 Å². The molecule has 4 aromatic rings. The fourth-order valence-electron chi connectivity index (χ4n) is 2.71. The van der Waals surface area contributed by atoms with Crippen LogP contribution in [0.5, 0.6) is 0 Å². The fraction of sp³-hybridized carbons (Fsp3) is 0. The van der Waals surface area contributed by atoms with E-state index < -0.39 is 0 Å². The number of carbonyl (C=O) groups excluding carboxylic acids is 1. The van der Waals surface area contributed by atoms with Crippen LogP contribution in [0, 0.1) is 0 Å². The standard InChI is InChI=1S/C18H13N3O2/c22-17(11-4-2-1-3-5-11)20-12-6-7-15-14(10-12)13-8-9-19-16(13)18(23)21-15/h1-10,19H,(H,20,22)(H,21,23). The molecule has 112 valence electrons. The molecule has 0 aliphatic carbocycles. The summed E-state index contributed by atoms with van der Waals surface area (Å²) in [6.07, 6.45) is 1.73. The Bertz CT molecular complexity index is 1080. The smallest absolute Gasteiger partial charge is 0.272 e. The Hall–Kier alpha value is -3.34. The minimum absolute atomic E-state index is 0.154. The molecule has 5 heteroatoms. The van der Waals surface area contributed by atoms with Gasteiger partial charge in [0.15, 0.2) is 0 Å². The molecule has 0 aliphatic heterocycles. The normalized spacial score (nSPS) is 11.0. The van der Waals surface area contributed by atoms with E-state index in [4.69, 9.17) is 0 Å². The highest BCUT2D eigenvalue weighted by Gasteiger charge is 2.09. The minimum Gasteiger partial charge on any atom is -0.357 e. The van der Waals surface area contributed by atoms with Gasteiger partial charge in [-0.15, -0.1) is 0 Å². The molecule has 3 N–H and O–H groups in total. The van der Waals surface area contributed by atoms with Gasteiger partial charge in [0.1, 0.15) is 5.52 Å². The number of aromatic amines is 2. The number of rotatable bonds is 2. The fourth-order valence-corrected chi connectivity index (χ4v) is 2.71. The molecule has 0 saturated heterocycles. The molecule has 2 heterocycles. The summed E-state index contributed by atoms with van der Waals surface area (Å²) in [7, 11) is 0. The van der Waals surface area contributed by atoms with Crippen LogP contribution in [0.4, 0.5) is 5.69 Å². The molecule has 1 amide bonds. The Labute approximate surface area is 131 Å². The lowest BCUT2D eigenvalue weighted by molar-refractivity contribution is 0.102. The third-order valence-corrected chi connectivity index (χ3v) is 3.83. The van der Waals surface area contributed by atoms with Gasteiger partial charge in [-0.3, -0.25) is 9.59 Å². The largest absolute Gasteiger partial charge is 0.357 e. The van der Waals surface area contributed by atoms with Crippen molar-refractivity contribution >= 4 is 33.4 Å². The van der Waals surface area contributed by atoms with Gasteiger partial charge >= 0.3 is 0 Å². The molecule has 0 unspecified atom stereocenters. The first kappa shape index (κ1) is 13.3. The Kier molecular flexibility index (Phi) is 2.98. The van der Waals surface area contributed by atoms with Crippen molar-refractivity contribution in [3.63, 3.8) is 0 Å². The van der Waals surface area contributed by atoms with Gasteiger partial charge in [0.05, 0.1) is 0 Å². The van der Waals surface area contributed by atoms with Crippen LogP contribution in [0.1, 0.15) is 10.4 Å². The van der Waals surface area contributed by atoms with Crippen molar-refractivity contribution in [3.05, 3.63) is 76.7 Å². The predicted molar refractivity (Wildman–Crippen MR) is 90.8 cm³/mol. The number of aromatic nitrogens is 2. The Balaban J connectivity index is 1.78. The molecule has 2 aromatic heterocycles. The van der Waals surface area contributed by atoms with Gasteiger partial charge < -0.3 is 15.3 Å². The molecule has 5 nitrogen and oxygen atoms in total. The van der Waals surface area contributed by atoms with E-state index in [0.29, 0.717) is 16.8 Å². The summed E-state index contributed by atoms with van der Waals surface area (Å²) in [5.74, 6) is -0.167. The number of hydrogen-bond acceptors (Lipinski definition) is 2. The predicted octanol–water partition coefficient (Wildman–Crippen LogP) is 3.26. The summed E-state index contributed by atoms with van der Waals surface area (Å²) in [5, 5.41) is 4.59. The highest BCUT2D eigenvalue weighted by atomic mass is 16.1. The van der Waals surface area contributed by atoms with Crippen LogP contribution in [0.15, 0.2) is 65.6 Å². The second kappa shape index (κ2) is 5.14. The number of carbonyl (C=O) groups is 1. The lowest BCUT2D eigenvalue weighted by Gasteiger charge is -2.07. The molecule has 0 radical (unpaired) electrons. The molecule has 0 fully saturated rings. The molecular weight excluding hydrogens is 290 g/mol. The van der Waals surface area contributed by atoms with Gasteiger partial charge in [-0.05, 0) is 36.4 Å². The molecule has 0 saturated carbocycles. The van der Waals surface area contributed by atoms with Crippen LogP contribution in [0.2, 0.25) is 0 Å². The molecule has 2 aromatic carbocycles. The Morgan fingerprint density at radius 3 is 2.61 bits per heavy atom. The van der Waals surface area contributed by atoms with Crippen LogP contribution < -0.4 is 10.9 Å². The van der Waals surface area contributed by atoms with Gasteiger partial charge in [-0.25, -0.2) is 0 Å². The van der Waals surface area contributed by atoms with Crippen molar-refractivity contribution in [1.29, 1.82) is 0 Å². The lowest BCUT2D eigenvalue weighted by Crippen LogP contribution is -2.12. The summed E-state index contributed by atoms with van der Waals surface area (Å²) in [6.45, 7) is 0. The SMILES string of the molecule is O=C(Nc1ccc2[nH]c(=O)c3[nH]ccc3c2c1)c1ccccc1. The summed E-state index contributed by atoms with van der Waals surface area (Å²) in [6, 6.07) is 16.3. The molecule has 0 spiro atoms. The summed E-state index contributed by atoms with van der Waals surface area (Å²) in [5.41, 5.74) is 2.39. The number of benzene rings is 2. The Morgan fingerprint density at radius 2 is 1.78 bits per heavy atom. The molecular formula is C18H13N3O2. The maximum absolute atomic E-state index is 12.2. The summed E-state index contributed by atoms with van der Waals surface area (Å²) in [4.78, 5) is 30.0. The number of amides is 1. The van der Waals surface area contributed by atoms with Crippen LogP contribution in [-0.4, -0.2) is 15.9 Å². The first-order valence-corrected chi connectivity index (χ1v) is 7.22. The zero-order valence-electron chi connectivity index (χ0n) is 12.1. The van der Waals surface area contributed by atoms with Gasteiger partial charge in [0.25, 0.3) is 11.5 Å². The van der Waals surface area contributed by atoms with E-state index in [1.54, 1.807) is 30.5 Å². The highest BCUT2D eigenvalue weighted by molar-refractivity contribution is 6.08. The van der Waals surface area contributed by atoms with Crippen molar-refractivity contribution in [2.45, 2.75) is 0 Å². The van der Waals surface area contributed by atoms with E-state index >= 15 is 0 Å². The first-order valence-electron chi connectivity index (χ1n) is 7.22. The van der Waals surface area contributed by atoms with Crippen molar-refractivity contribution in [2.75, 3.05) is 5.32 Å². The van der Waals surface area contributed by atoms with E-state index in [-0.39, 0.29) is 11.5 Å². The summed E-state index contributed by atoms with van der Waals surface area (Å²) >= 11 is 0. The van der Waals surface area contributed by atoms with Gasteiger partial charge in [0, 0.05) is 33.7 Å². The zero-order valence-corrected chi connectivity index (χ0v) is 12.1. The van der Waals surface area contributed by atoms with Crippen LogP contribution in [0.3, 0.4) is 0 Å². The average Bonchev–Trinajstić information content (AvgIpc) is 3.07. The van der Waals surface area contributed by atoms with Gasteiger partial charge in [-0.2, -0.15) is 0 Å². The average molecular weight is 303 g/mol. The van der Waals surface area contributed by atoms with E-state index in [2.05, 4.69) is 15.3 Å². The number of pyridine rings is 1. The molecule has 4 rings (SSSR count). The van der Waals surface area contributed by atoms with Gasteiger partial charge in [0.2, 0.25) is 0 Å². The maximum Gasteiger partial charge on any atom is 0.272 e. The van der Waals surface area contributed by atoms with Crippen molar-refractivity contribution in [3.8, 4) is 0 Å². The maximum atomic E-state index is 12.2. The van der Waals surface area contributed by atoms with Crippen molar-refractivity contribution < 1.29 is 4.79 Å². The number of hydrogen-bond donors (Lipinski definition) is 3. The summed E-state index contributed by atoms with van der Waals surface area (Å²) < 4.78 is 0. The molecule has 0 aliphatic rings. The van der Waals surface area contributed by atoms with Crippen LogP contribution >= 0.6 is 0 Å². The second-order valence-corrected chi connectivity index (χ2v) is 5.30. The van der Waals surface area contributed by atoms with E-state index in [1.165, 1.54) is 0 Å². The Morgan fingerprint density at radius 1 is 0.957 bits per heavy atom. The van der Waals surface area contributed by atoms with Crippen LogP contribution in [-0.2, 0) is 0 Å². The zero-order chi connectivity index (χ0) is 15.8. The second-order valence-electron chi connectivity index (χ2n) is 5.30. The quantitative estimate of drug-likeness (QED) is 0.531. The topological polar surface area (TPSA) is 77.8 Å². The molecule has 23 heavy (non-hydrogen) atoms. The van der Waals surface area contributed by atoms with Crippen molar-refractivity contribution in [1.82, 2.24) is 9.97 Å². The number of nitrogens with one attached hydrogen (secondary N) is 3.